The maximum Gasteiger partial charge on any atom is 0.263 e. The van der Waals surface area contributed by atoms with E-state index in [-0.39, 0.29) is 22.6 Å². The van der Waals surface area contributed by atoms with E-state index in [0.29, 0.717) is 23.2 Å². The van der Waals surface area contributed by atoms with Crippen LogP contribution in [0.1, 0.15) is 31.4 Å². The SMILES string of the molecule is CC[C@H](C)[C@H](N=C1NS(=O)(=O)c2ccccc21)C(=O)Nc1cccc(C#N)c1. The first-order valence-electron chi connectivity index (χ1n) is 8.86. The molecule has 8 heteroatoms. The average molecular weight is 396 g/mol. The molecule has 1 heterocycles. The van der Waals surface area contributed by atoms with Gasteiger partial charge in [0.1, 0.15) is 11.9 Å². The van der Waals surface area contributed by atoms with Crippen molar-refractivity contribution in [3.8, 4) is 6.07 Å². The fourth-order valence-corrected chi connectivity index (χ4v) is 4.16. The number of benzene rings is 2. The Bertz CT molecular complexity index is 1090. The smallest absolute Gasteiger partial charge is 0.263 e. The van der Waals surface area contributed by atoms with Gasteiger partial charge in [-0.05, 0) is 36.2 Å². The number of nitrogens with zero attached hydrogens (tertiary/aromatic N) is 2. The van der Waals surface area contributed by atoms with Crippen molar-refractivity contribution in [2.24, 2.45) is 10.9 Å². The molecule has 144 valence electrons. The number of nitriles is 1. The fourth-order valence-electron chi connectivity index (χ4n) is 2.92. The fraction of sp³-hybridized carbons (Fsp3) is 0.250. The molecule has 7 nitrogen and oxygen atoms in total. The van der Waals surface area contributed by atoms with Crippen LogP contribution in [0.2, 0.25) is 0 Å². The molecular weight excluding hydrogens is 376 g/mol. The van der Waals surface area contributed by atoms with E-state index in [9.17, 15) is 13.2 Å². The van der Waals surface area contributed by atoms with Gasteiger partial charge >= 0.3 is 0 Å². The zero-order valence-electron chi connectivity index (χ0n) is 15.5. The highest BCUT2D eigenvalue weighted by molar-refractivity contribution is 7.90. The zero-order valence-corrected chi connectivity index (χ0v) is 16.3. The first-order valence-corrected chi connectivity index (χ1v) is 10.3. The van der Waals surface area contributed by atoms with E-state index < -0.39 is 16.1 Å². The van der Waals surface area contributed by atoms with Crippen molar-refractivity contribution in [1.82, 2.24) is 4.72 Å². The molecule has 0 saturated heterocycles. The van der Waals surface area contributed by atoms with Gasteiger partial charge in [-0.2, -0.15) is 5.26 Å². The lowest BCUT2D eigenvalue weighted by atomic mass is 9.98. The van der Waals surface area contributed by atoms with Crippen molar-refractivity contribution >= 4 is 27.5 Å². The number of amidine groups is 1. The topological polar surface area (TPSA) is 111 Å². The molecule has 0 spiro atoms. The standard InChI is InChI=1S/C20H20N4O3S/c1-3-13(2)18(20(25)22-15-8-6-7-14(11-15)12-21)23-19-16-9-4-5-10-17(16)28(26,27)24-19/h4-11,13,18H,3H2,1-2H3,(H,22,25)(H,23,24)/t13-,18-/m0/s1. The van der Waals surface area contributed by atoms with Crippen LogP contribution in [0.4, 0.5) is 5.69 Å². The molecule has 0 unspecified atom stereocenters. The van der Waals surface area contributed by atoms with Gasteiger partial charge < -0.3 is 5.32 Å². The van der Waals surface area contributed by atoms with Crippen LogP contribution in [0.5, 0.6) is 0 Å². The summed E-state index contributed by atoms with van der Waals surface area (Å²) in [6, 6.07) is 14.4. The van der Waals surface area contributed by atoms with Crippen LogP contribution in [0.15, 0.2) is 58.4 Å². The Labute approximate surface area is 164 Å². The van der Waals surface area contributed by atoms with E-state index in [1.807, 2.05) is 19.9 Å². The Kier molecular flexibility index (Phi) is 5.47. The molecule has 2 N–H and O–H groups in total. The molecule has 1 amide bonds. The minimum atomic E-state index is -3.67. The van der Waals surface area contributed by atoms with Gasteiger partial charge in [0.05, 0.1) is 16.5 Å². The predicted octanol–water partition coefficient (Wildman–Crippen LogP) is 2.65. The van der Waals surface area contributed by atoms with Crippen molar-refractivity contribution in [1.29, 1.82) is 5.26 Å². The third kappa shape index (κ3) is 3.89. The van der Waals surface area contributed by atoms with Crippen molar-refractivity contribution in [2.45, 2.75) is 31.2 Å². The lowest BCUT2D eigenvalue weighted by molar-refractivity contribution is -0.118. The first-order chi connectivity index (χ1) is 13.4. The summed E-state index contributed by atoms with van der Waals surface area (Å²) in [4.78, 5) is 17.5. The average Bonchev–Trinajstić information content (AvgIpc) is 2.96. The van der Waals surface area contributed by atoms with Gasteiger partial charge in [-0.15, -0.1) is 0 Å². The molecule has 0 fully saturated rings. The molecule has 0 saturated carbocycles. The number of rotatable bonds is 5. The summed E-state index contributed by atoms with van der Waals surface area (Å²) in [7, 11) is -3.67. The number of carbonyl (C=O) groups excluding carboxylic acids is 1. The summed E-state index contributed by atoms with van der Waals surface area (Å²) < 4.78 is 27.0. The molecule has 1 aliphatic heterocycles. The van der Waals surface area contributed by atoms with Gasteiger partial charge in [-0.3, -0.25) is 14.5 Å². The molecule has 0 aliphatic carbocycles. The van der Waals surface area contributed by atoms with E-state index in [4.69, 9.17) is 5.26 Å². The number of aliphatic imine (C=N–C) groups is 1. The lowest BCUT2D eigenvalue weighted by Gasteiger charge is -2.19. The number of fused-ring (bicyclic) bond motifs is 1. The Hall–Kier alpha value is -3.18. The molecule has 0 aromatic heterocycles. The highest BCUT2D eigenvalue weighted by Crippen LogP contribution is 2.24. The zero-order chi connectivity index (χ0) is 20.3. The Morgan fingerprint density at radius 1 is 1.25 bits per heavy atom. The van der Waals surface area contributed by atoms with Gasteiger partial charge in [0.25, 0.3) is 10.0 Å². The summed E-state index contributed by atoms with van der Waals surface area (Å²) in [5.41, 5.74) is 1.38. The van der Waals surface area contributed by atoms with Gasteiger partial charge in [0, 0.05) is 11.3 Å². The normalized spacial score (nSPS) is 17.8. The predicted molar refractivity (Wildman–Crippen MR) is 106 cm³/mol. The first kappa shape index (κ1) is 19.6. The number of hydrogen-bond donors (Lipinski definition) is 2. The summed E-state index contributed by atoms with van der Waals surface area (Å²) in [6.45, 7) is 3.82. The Morgan fingerprint density at radius 2 is 2.00 bits per heavy atom. The second kappa shape index (κ2) is 7.82. The van der Waals surface area contributed by atoms with Gasteiger partial charge in [0.2, 0.25) is 5.91 Å². The molecule has 1 aliphatic rings. The third-order valence-electron chi connectivity index (χ3n) is 4.64. The lowest BCUT2D eigenvalue weighted by Crippen LogP contribution is -2.34. The van der Waals surface area contributed by atoms with E-state index >= 15 is 0 Å². The number of nitrogens with one attached hydrogen (secondary N) is 2. The van der Waals surface area contributed by atoms with E-state index in [1.54, 1.807) is 42.5 Å². The molecule has 2 aromatic carbocycles. The van der Waals surface area contributed by atoms with Gasteiger partial charge in [0.15, 0.2) is 0 Å². The summed E-state index contributed by atoms with van der Waals surface area (Å²) in [5, 5.41) is 11.8. The molecule has 0 bridgehead atoms. The van der Waals surface area contributed by atoms with Crippen molar-refractivity contribution < 1.29 is 13.2 Å². The molecule has 2 atom stereocenters. The highest BCUT2D eigenvalue weighted by Gasteiger charge is 2.33. The number of carbonyl (C=O) groups is 1. The monoisotopic (exact) mass is 396 g/mol. The maximum absolute atomic E-state index is 12.9. The summed E-state index contributed by atoms with van der Waals surface area (Å²) >= 11 is 0. The van der Waals surface area contributed by atoms with Crippen LogP contribution in [0.25, 0.3) is 0 Å². The van der Waals surface area contributed by atoms with Crippen LogP contribution in [-0.4, -0.2) is 26.2 Å². The Balaban J connectivity index is 1.94. The molecule has 2 aromatic rings. The highest BCUT2D eigenvalue weighted by atomic mass is 32.2. The van der Waals surface area contributed by atoms with Crippen molar-refractivity contribution in [3.63, 3.8) is 0 Å². The summed E-state index contributed by atoms with van der Waals surface area (Å²) in [6.07, 6.45) is 0.682. The Morgan fingerprint density at radius 3 is 2.71 bits per heavy atom. The molecule has 0 radical (unpaired) electrons. The minimum absolute atomic E-state index is 0.121. The molecule has 3 rings (SSSR count). The van der Waals surface area contributed by atoms with Crippen LogP contribution < -0.4 is 10.0 Å². The van der Waals surface area contributed by atoms with Crippen molar-refractivity contribution in [2.75, 3.05) is 5.32 Å². The quantitative estimate of drug-likeness (QED) is 0.809. The van der Waals surface area contributed by atoms with Crippen molar-refractivity contribution in [3.05, 3.63) is 59.7 Å². The van der Waals surface area contributed by atoms with Gasteiger partial charge in [-0.1, -0.05) is 38.5 Å². The van der Waals surface area contributed by atoms with Crippen LogP contribution in [0.3, 0.4) is 0 Å². The molecular formula is C20H20N4O3S. The second-order valence-electron chi connectivity index (χ2n) is 6.59. The number of sulfonamides is 1. The van der Waals surface area contributed by atoms with E-state index in [0.717, 1.165) is 0 Å². The number of anilines is 1. The van der Waals surface area contributed by atoms with Crippen LogP contribution in [-0.2, 0) is 14.8 Å². The largest absolute Gasteiger partial charge is 0.324 e. The van der Waals surface area contributed by atoms with Gasteiger partial charge in [-0.25, -0.2) is 8.42 Å². The maximum atomic E-state index is 12.9. The number of amides is 1. The minimum Gasteiger partial charge on any atom is -0.324 e. The number of hydrogen-bond acceptors (Lipinski definition) is 5. The summed E-state index contributed by atoms with van der Waals surface area (Å²) in [5.74, 6) is -0.314. The molecule has 28 heavy (non-hydrogen) atoms. The van der Waals surface area contributed by atoms with E-state index in [1.165, 1.54) is 6.07 Å². The van der Waals surface area contributed by atoms with Crippen LogP contribution in [0, 0.1) is 17.2 Å². The van der Waals surface area contributed by atoms with Crippen LogP contribution >= 0.6 is 0 Å². The second-order valence-corrected chi connectivity index (χ2v) is 8.24. The van der Waals surface area contributed by atoms with E-state index in [2.05, 4.69) is 15.0 Å². The third-order valence-corrected chi connectivity index (χ3v) is 6.04.